The Labute approximate surface area is 123 Å². The molecule has 1 atom stereocenters. The van der Waals surface area contributed by atoms with Gasteiger partial charge in [0.05, 0.1) is 6.04 Å². The number of carbonyl (C=O) groups excluding carboxylic acids is 1. The van der Waals surface area contributed by atoms with Gasteiger partial charge in [-0.15, -0.1) is 0 Å². The summed E-state index contributed by atoms with van der Waals surface area (Å²) in [5, 5.41) is 3.16. The summed E-state index contributed by atoms with van der Waals surface area (Å²) in [4.78, 5) is 17.0. The maximum atomic E-state index is 12.3. The van der Waals surface area contributed by atoms with Crippen LogP contribution in [0.15, 0.2) is 0 Å². The summed E-state index contributed by atoms with van der Waals surface area (Å²) in [6.07, 6.45) is 3.11. The van der Waals surface area contributed by atoms with Crippen LogP contribution in [0.5, 0.6) is 0 Å². The normalized spacial score (nSPS) is 19.9. The molecule has 5 heteroatoms. The van der Waals surface area contributed by atoms with Crippen molar-refractivity contribution in [2.24, 2.45) is 5.73 Å². The van der Waals surface area contributed by atoms with Gasteiger partial charge in [-0.25, -0.2) is 0 Å². The van der Waals surface area contributed by atoms with E-state index in [9.17, 15) is 4.79 Å². The standard InChI is InChI=1S/C15H32N4O/c1-4-14(5-2)17-15(20)13(3)19-9-6-8-18(10-7-16)11-12-19/h13-14H,4-12,16H2,1-3H3,(H,17,20). The van der Waals surface area contributed by atoms with Crippen LogP contribution in [0.1, 0.15) is 40.0 Å². The highest BCUT2D eigenvalue weighted by Crippen LogP contribution is 2.08. The maximum Gasteiger partial charge on any atom is 0.237 e. The summed E-state index contributed by atoms with van der Waals surface area (Å²) < 4.78 is 0. The van der Waals surface area contributed by atoms with E-state index in [1.54, 1.807) is 0 Å². The molecule has 0 bridgehead atoms. The van der Waals surface area contributed by atoms with Crippen LogP contribution in [0, 0.1) is 0 Å². The molecule has 0 aromatic rings. The zero-order valence-electron chi connectivity index (χ0n) is 13.4. The Hall–Kier alpha value is -0.650. The third-order valence-electron chi connectivity index (χ3n) is 4.33. The fourth-order valence-electron chi connectivity index (χ4n) is 2.76. The third-order valence-corrected chi connectivity index (χ3v) is 4.33. The van der Waals surface area contributed by atoms with Gasteiger partial charge in [0.2, 0.25) is 5.91 Å². The molecule has 1 saturated heterocycles. The van der Waals surface area contributed by atoms with Gasteiger partial charge in [-0.3, -0.25) is 9.69 Å². The van der Waals surface area contributed by atoms with Crippen molar-refractivity contribution >= 4 is 5.91 Å². The minimum Gasteiger partial charge on any atom is -0.352 e. The fourth-order valence-corrected chi connectivity index (χ4v) is 2.76. The highest BCUT2D eigenvalue weighted by molar-refractivity contribution is 5.81. The maximum absolute atomic E-state index is 12.3. The number of amides is 1. The van der Waals surface area contributed by atoms with Crippen LogP contribution >= 0.6 is 0 Å². The van der Waals surface area contributed by atoms with Crippen LogP contribution < -0.4 is 11.1 Å². The van der Waals surface area contributed by atoms with Crippen molar-refractivity contribution in [2.45, 2.75) is 52.1 Å². The molecule has 1 unspecified atom stereocenters. The number of hydrogen-bond donors (Lipinski definition) is 2. The predicted molar refractivity (Wildman–Crippen MR) is 83.7 cm³/mol. The van der Waals surface area contributed by atoms with Crippen molar-refractivity contribution in [3.05, 3.63) is 0 Å². The Balaban J connectivity index is 2.45. The highest BCUT2D eigenvalue weighted by atomic mass is 16.2. The quantitative estimate of drug-likeness (QED) is 0.720. The number of nitrogens with one attached hydrogen (secondary N) is 1. The van der Waals surface area contributed by atoms with Gasteiger partial charge in [0, 0.05) is 38.8 Å². The van der Waals surface area contributed by atoms with Crippen LogP contribution in [0.3, 0.4) is 0 Å². The van der Waals surface area contributed by atoms with Crippen molar-refractivity contribution in [1.29, 1.82) is 0 Å². The molecule has 0 aromatic heterocycles. The monoisotopic (exact) mass is 284 g/mol. The first kappa shape index (κ1) is 17.4. The molecular weight excluding hydrogens is 252 g/mol. The molecule has 1 rings (SSSR count). The van der Waals surface area contributed by atoms with Crippen LogP contribution in [-0.4, -0.2) is 67.1 Å². The van der Waals surface area contributed by atoms with Gasteiger partial charge in [0.25, 0.3) is 0 Å². The molecule has 0 saturated carbocycles. The van der Waals surface area contributed by atoms with Crippen LogP contribution in [0.4, 0.5) is 0 Å². The lowest BCUT2D eigenvalue weighted by Gasteiger charge is -2.28. The minimum atomic E-state index is -0.0339. The second-order valence-electron chi connectivity index (χ2n) is 5.72. The highest BCUT2D eigenvalue weighted by Gasteiger charge is 2.24. The topological polar surface area (TPSA) is 61.6 Å². The second-order valence-corrected chi connectivity index (χ2v) is 5.72. The Kier molecular flexibility index (Phi) is 8.11. The summed E-state index contributed by atoms with van der Waals surface area (Å²) in [6, 6.07) is 0.277. The lowest BCUT2D eigenvalue weighted by molar-refractivity contribution is -0.126. The molecule has 118 valence electrons. The first-order chi connectivity index (χ1) is 9.62. The van der Waals surface area contributed by atoms with Crippen LogP contribution in [-0.2, 0) is 4.79 Å². The minimum absolute atomic E-state index is 0.0339. The van der Waals surface area contributed by atoms with Crippen LogP contribution in [0.2, 0.25) is 0 Å². The lowest BCUT2D eigenvalue weighted by Crippen LogP contribution is -2.49. The average Bonchev–Trinajstić information content (AvgIpc) is 2.69. The second kappa shape index (κ2) is 9.32. The number of rotatable bonds is 7. The number of nitrogens with zero attached hydrogens (tertiary/aromatic N) is 2. The molecule has 1 aliphatic rings. The Bertz CT molecular complexity index is 281. The summed E-state index contributed by atoms with van der Waals surface area (Å²) in [6.45, 7) is 12.0. The lowest BCUT2D eigenvalue weighted by atomic mass is 10.1. The average molecular weight is 284 g/mol. The van der Waals surface area contributed by atoms with Gasteiger partial charge in [-0.1, -0.05) is 13.8 Å². The summed E-state index contributed by atoms with van der Waals surface area (Å²) >= 11 is 0. The van der Waals surface area contributed by atoms with E-state index in [0.717, 1.165) is 52.0 Å². The molecule has 0 spiro atoms. The fraction of sp³-hybridized carbons (Fsp3) is 0.933. The summed E-state index contributed by atoms with van der Waals surface area (Å²) in [5.41, 5.74) is 5.62. The third kappa shape index (κ3) is 5.38. The van der Waals surface area contributed by atoms with Gasteiger partial charge in [0.1, 0.15) is 0 Å². The molecule has 1 aliphatic heterocycles. The van der Waals surface area contributed by atoms with Gasteiger partial charge in [0.15, 0.2) is 0 Å². The predicted octanol–water partition coefficient (Wildman–Crippen LogP) is 0.646. The van der Waals surface area contributed by atoms with E-state index in [4.69, 9.17) is 5.73 Å². The molecule has 20 heavy (non-hydrogen) atoms. The Morgan fingerprint density at radius 2 is 1.90 bits per heavy atom. The SMILES string of the molecule is CCC(CC)NC(=O)C(C)N1CCCN(CCN)CC1. The van der Waals surface area contributed by atoms with E-state index in [2.05, 4.69) is 29.0 Å². The molecule has 1 amide bonds. The van der Waals surface area contributed by atoms with Crippen molar-refractivity contribution in [1.82, 2.24) is 15.1 Å². The number of hydrogen-bond acceptors (Lipinski definition) is 4. The molecule has 0 aromatic carbocycles. The van der Waals surface area contributed by atoms with E-state index < -0.39 is 0 Å². The van der Waals surface area contributed by atoms with Crippen molar-refractivity contribution in [3.63, 3.8) is 0 Å². The summed E-state index contributed by atoms with van der Waals surface area (Å²) in [5.74, 6) is 0.172. The van der Waals surface area contributed by atoms with Gasteiger partial charge in [-0.2, -0.15) is 0 Å². The number of carbonyl (C=O) groups is 1. The van der Waals surface area contributed by atoms with E-state index in [1.165, 1.54) is 0 Å². The molecular formula is C15H32N4O. The molecule has 1 fully saturated rings. The molecule has 0 radical (unpaired) electrons. The zero-order valence-corrected chi connectivity index (χ0v) is 13.4. The first-order valence-corrected chi connectivity index (χ1v) is 8.09. The molecule has 3 N–H and O–H groups in total. The molecule has 0 aliphatic carbocycles. The number of nitrogens with two attached hydrogens (primary N) is 1. The van der Waals surface area contributed by atoms with E-state index in [0.29, 0.717) is 12.6 Å². The van der Waals surface area contributed by atoms with Gasteiger partial charge >= 0.3 is 0 Å². The molecule has 1 heterocycles. The van der Waals surface area contributed by atoms with Crippen molar-refractivity contribution < 1.29 is 4.79 Å². The van der Waals surface area contributed by atoms with E-state index >= 15 is 0 Å². The largest absolute Gasteiger partial charge is 0.352 e. The zero-order chi connectivity index (χ0) is 15.0. The summed E-state index contributed by atoms with van der Waals surface area (Å²) in [7, 11) is 0. The van der Waals surface area contributed by atoms with E-state index in [-0.39, 0.29) is 11.9 Å². The van der Waals surface area contributed by atoms with E-state index in [1.807, 2.05) is 6.92 Å². The van der Waals surface area contributed by atoms with Crippen molar-refractivity contribution in [3.8, 4) is 0 Å². The van der Waals surface area contributed by atoms with Gasteiger partial charge < -0.3 is 16.0 Å². The molecule has 5 nitrogen and oxygen atoms in total. The van der Waals surface area contributed by atoms with Gasteiger partial charge in [-0.05, 0) is 32.7 Å². The first-order valence-electron chi connectivity index (χ1n) is 8.09. The Morgan fingerprint density at radius 1 is 1.20 bits per heavy atom. The van der Waals surface area contributed by atoms with Crippen LogP contribution in [0.25, 0.3) is 0 Å². The van der Waals surface area contributed by atoms with Crippen molar-refractivity contribution in [2.75, 3.05) is 39.3 Å². The smallest absolute Gasteiger partial charge is 0.237 e. The Morgan fingerprint density at radius 3 is 2.50 bits per heavy atom.